The molecule has 3 aromatic rings. The standard InChI is InChI=1S/C28H28FN3O3/c1-17-12-13-18(2)26-25(17)22(27(34)31-26)16-24(33)30-23(14-19-8-5-4-6-9-19)28(35)32(3)21-11-7-10-20(29)15-21/h4-13,15,22-23H,14,16H2,1-3H3,(H,30,33)(H,31,34). The van der Waals surface area contributed by atoms with E-state index >= 15 is 0 Å². The molecule has 1 heterocycles. The Bertz CT molecular complexity index is 1280. The summed E-state index contributed by atoms with van der Waals surface area (Å²) in [5.41, 5.74) is 4.72. The van der Waals surface area contributed by atoms with E-state index in [0.717, 1.165) is 27.9 Å². The van der Waals surface area contributed by atoms with Crippen molar-refractivity contribution in [3.8, 4) is 0 Å². The van der Waals surface area contributed by atoms with Crippen LogP contribution in [0.4, 0.5) is 15.8 Å². The summed E-state index contributed by atoms with van der Waals surface area (Å²) in [4.78, 5) is 40.6. The Hall–Kier alpha value is -4.00. The van der Waals surface area contributed by atoms with E-state index in [1.54, 1.807) is 13.1 Å². The van der Waals surface area contributed by atoms with Crippen LogP contribution in [0.15, 0.2) is 66.7 Å². The van der Waals surface area contributed by atoms with Crippen molar-refractivity contribution in [1.82, 2.24) is 5.32 Å². The number of amides is 3. The van der Waals surface area contributed by atoms with E-state index in [4.69, 9.17) is 0 Å². The minimum absolute atomic E-state index is 0.0780. The largest absolute Gasteiger partial charge is 0.344 e. The maximum Gasteiger partial charge on any atom is 0.249 e. The van der Waals surface area contributed by atoms with Crippen molar-refractivity contribution in [2.45, 2.75) is 38.6 Å². The highest BCUT2D eigenvalue weighted by Gasteiger charge is 2.35. The van der Waals surface area contributed by atoms with Crippen LogP contribution in [0.25, 0.3) is 0 Å². The zero-order valence-corrected chi connectivity index (χ0v) is 20.0. The van der Waals surface area contributed by atoms with Gasteiger partial charge in [-0.3, -0.25) is 14.4 Å². The van der Waals surface area contributed by atoms with E-state index in [9.17, 15) is 18.8 Å². The molecule has 0 saturated heterocycles. The van der Waals surface area contributed by atoms with Gasteiger partial charge in [0.25, 0.3) is 0 Å². The molecule has 6 nitrogen and oxygen atoms in total. The van der Waals surface area contributed by atoms with Gasteiger partial charge in [0.2, 0.25) is 17.7 Å². The van der Waals surface area contributed by atoms with Gasteiger partial charge in [-0.15, -0.1) is 0 Å². The fraction of sp³-hybridized carbons (Fsp3) is 0.250. The van der Waals surface area contributed by atoms with Crippen LogP contribution in [-0.2, 0) is 20.8 Å². The van der Waals surface area contributed by atoms with E-state index in [1.807, 2.05) is 56.3 Å². The summed E-state index contributed by atoms with van der Waals surface area (Å²) in [5.74, 6) is -2.09. The topological polar surface area (TPSA) is 78.5 Å². The Kier molecular flexibility index (Phi) is 6.96. The molecule has 180 valence electrons. The van der Waals surface area contributed by atoms with Crippen LogP contribution < -0.4 is 15.5 Å². The van der Waals surface area contributed by atoms with Crippen molar-refractivity contribution in [3.63, 3.8) is 0 Å². The van der Waals surface area contributed by atoms with E-state index in [1.165, 1.54) is 23.1 Å². The molecule has 0 radical (unpaired) electrons. The third kappa shape index (κ3) is 5.24. The van der Waals surface area contributed by atoms with Gasteiger partial charge in [-0.25, -0.2) is 4.39 Å². The number of hydrogen-bond acceptors (Lipinski definition) is 3. The molecule has 3 amide bonds. The van der Waals surface area contributed by atoms with Crippen LogP contribution >= 0.6 is 0 Å². The zero-order chi connectivity index (χ0) is 25.1. The lowest BCUT2D eigenvalue weighted by molar-refractivity contribution is -0.128. The van der Waals surface area contributed by atoms with E-state index < -0.39 is 23.7 Å². The summed E-state index contributed by atoms with van der Waals surface area (Å²) >= 11 is 0. The SMILES string of the molecule is Cc1ccc(C)c2c1NC(=O)C2CC(=O)NC(Cc1ccccc1)C(=O)N(C)c1cccc(F)c1. The molecule has 3 aromatic carbocycles. The number of carbonyl (C=O) groups is 3. The normalized spacial score (nSPS) is 15.2. The van der Waals surface area contributed by atoms with Gasteiger partial charge in [0, 0.05) is 31.3 Å². The number of halogens is 1. The van der Waals surface area contributed by atoms with Crippen LogP contribution in [0.2, 0.25) is 0 Å². The first kappa shape index (κ1) is 24.1. The van der Waals surface area contributed by atoms with Crippen molar-refractivity contribution < 1.29 is 18.8 Å². The Labute approximate surface area is 204 Å². The number of fused-ring (bicyclic) bond motifs is 1. The minimum atomic E-state index is -0.888. The van der Waals surface area contributed by atoms with Gasteiger partial charge in [-0.2, -0.15) is 0 Å². The van der Waals surface area contributed by atoms with Gasteiger partial charge in [-0.05, 0) is 54.3 Å². The van der Waals surface area contributed by atoms with Gasteiger partial charge in [0.15, 0.2) is 0 Å². The first-order valence-electron chi connectivity index (χ1n) is 11.5. The molecule has 1 aliphatic heterocycles. The predicted octanol–water partition coefficient (Wildman–Crippen LogP) is 4.26. The zero-order valence-electron chi connectivity index (χ0n) is 20.0. The summed E-state index contributed by atoms with van der Waals surface area (Å²) in [6.07, 6.45) is 0.183. The predicted molar refractivity (Wildman–Crippen MR) is 134 cm³/mol. The number of hydrogen-bond donors (Lipinski definition) is 2. The molecule has 0 fully saturated rings. The average Bonchev–Trinajstić information content (AvgIpc) is 3.17. The summed E-state index contributed by atoms with van der Waals surface area (Å²) < 4.78 is 13.7. The lowest BCUT2D eigenvalue weighted by Gasteiger charge is -2.25. The number of carbonyl (C=O) groups excluding carboxylic acids is 3. The molecule has 0 aromatic heterocycles. The first-order valence-corrected chi connectivity index (χ1v) is 11.5. The third-order valence-electron chi connectivity index (χ3n) is 6.42. The second-order valence-electron chi connectivity index (χ2n) is 8.92. The van der Waals surface area contributed by atoms with Crippen molar-refractivity contribution in [2.75, 3.05) is 17.3 Å². The summed E-state index contributed by atoms with van der Waals surface area (Å²) in [6, 6.07) is 18.1. The monoisotopic (exact) mass is 473 g/mol. The molecule has 35 heavy (non-hydrogen) atoms. The van der Waals surface area contributed by atoms with E-state index in [2.05, 4.69) is 10.6 Å². The molecule has 0 saturated carbocycles. The molecule has 0 spiro atoms. The number of nitrogens with one attached hydrogen (secondary N) is 2. The molecule has 2 atom stereocenters. The van der Waals surface area contributed by atoms with Crippen molar-refractivity contribution >= 4 is 29.1 Å². The number of aryl methyl sites for hydroxylation is 2. The van der Waals surface area contributed by atoms with Crippen LogP contribution in [-0.4, -0.2) is 30.8 Å². The Morgan fingerprint density at radius 2 is 1.74 bits per heavy atom. The lowest BCUT2D eigenvalue weighted by atomic mass is 9.91. The fourth-order valence-electron chi connectivity index (χ4n) is 4.52. The van der Waals surface area contributed by atoms with Crippen molar-refractivity contribution in [1.29, 1.82) is 0 Å². The highest BCUT2D eigenvalue weighted by molar-refractivity contribution is 6.06. The highest BCUT2D eigenvalue weighted by Crippen LogP contribution is 2.39. The summed E-state index contributed by atoms with van der Waals surface area (Å²) in [6.45, 7) is 3.83. The number of anilines is 2. The molecular formula is C28H28FN3O3. The molecule has 4 rings (SSSR count). The molecule has 0 bridgehead atoms. The van der Waals surface area contributed by atoms with Crippen LogP contribution in [0.3, 0.4) is 0 Å². The van der Waals surface area contributed by atoms with Gasteiger partial charge in [-0.1, -0.05) is 48.5 Å². The minimum Gasteiger partial charge on any atom is -0.344 e. The van der Waals surface area contributed by atoms with Crippen LogP contribution in [0.1, 0.15) is 34.6 Å². The number of rotatable bonds is 7. The maximum atomic E-state index is 13.7. The Morgan fingerprint density at radius 3 is 2.46 bits per heavy atom. The van der Waals surface area contributed by atoms with Crippen molar-refractivity contribution in [3.05, 3.63) is 94.8 Å². The molecule has 1 aliphatic rings. The number of nitrogens with zero attached hydrogens (tertiary/aromatic N) is 1. The first-order chi connectivity index (χ1) is 16.7. The molecule has 7 heteroatoms. The smallest absolute Gasteiger partial charge is 0.249 e. The maximum absolute atomic E-state index is 13.7. The number of likely N-dealkylation sites (N-methyl/N-ethyl adjacent to an activating group) is 1. The quantitative estimate of drug-likeness (QED) is 0.538. The molecule has 2 unspecified atom stereocenters. The van der Waals surface area contributed by atoms with E-state index in [-0.39, 0.29) is 24.7 Å². The lowest BCUT2D eigenvalue weighted by Crippen LogP contribution is -2.49. The second-order valence-corrected chi connectivity index (χ2v) is 8.92. The van der Waals surface area contributed by atoms with Gasteiger partial charge >= 0.3 is 0 Å². The van der Waals surface area contributed by atoms with Crippen LogP contribution in [0, 0.1) is 19.7 Å². The van der Waals surface area contributed by atoms with Gasteiger partial charge in [0.1, 0.15) is 11.9 Å². The Balaban J connectivity index is 1.56. The van der Waals surface area contributed by atoms with Gasteiger partial charge in [0.05, 0.1) is 5.92 Å². The second kappa shape index (κ2) is 10.1. The summed E-state index contributed by atoms with van der Waals surface area (Å²) in [5, 5.41) is 5.73. The average molecular weight is 474 g/mol. The molecule has 2 N–H and O–H groups in total. The molecule has 0 aliphatic carbocycles. The summed E-state index contributed by atoms with van der Waals surface area (Å²) in [7, 11) is 1.55. The van der Waals surface area contributed by atoms with Crippen LogP contribution in [0.5, 0.6) is 0 Å². The van der Waals surface area contributed by atoms with E-state index in [0.29, 0.717) is 5.69 Å². The Morgan fingerprint density at radius 1 is 1.03 bits per heavy atom. The highest BCUT2D eigenvalue weighted by atomic mass is 19.1. The van der Waals surface area contributed by atoms with Crippen molar-refractivity contribution in [2.24, 2.45) is 0 Å². The van der Waals surface area contributed by atoms with Gasteiger partial charge < -0.3 is 15.5 Å². The number of benzene rings is 3. The third-order valence-corrected chi connectivity index (χ3v) is 6.42. The molecular weight excluding hydrogens is 445 g/mol. The fourth-order valence-corrected chi connectivity index (χ4v) is 4.52.